The number of nitrogens with one attached hydrogen (secondary N) is 1. The average Bonchev–Trinajstić information content (AvgIpc) is 2.76. The molecule has 0 spiro atoms. The van der Waals surface area contributed by atoms with Gasteiger partial charge in [-0.2, -0.15) is 0 Å². The SMILES string of the molecule is CC(C)COc1cccc(C(=O)Nc2cccc(OCCOc3ccccc3)c2)c1. The van der Waals surface area contributed by atoms with E-state index in [1.807, 2.05) is 60.7 Å². The lowest BCUT2D eigenvalue weighted by Crippen LogP contribution is -2.13. The minimum atomic E-state index is -0.199. The molecule has 0 bridgehead atoms. The number of hydrogen-bond acceptors (Lipinski definition) is 4. The number of hydrogen-bond donors (Lipinski definition) is 1. The third-order valence-corrected chi connectivity index (χ3v) is 4.14. The second kappa shape index (κ2) is 10.9. The second-order valence-electron chi connectivity index (χ2n) is 7.22. The lowest BCUT2D eigenvalue weighted by atomic mass is 10.2. The van der Waals surface area contributed by atoms with Crippen LogP contribution in [-0.2, 0) is 0 Å². The van der Waals surface area contributed by atoms with Gasteiger partial charge in [-0.3, -0.25) is 4.79 Å². The summed E-state index contributed by atoms with van der Waals surface area (Å²) in [7, 11) is 0. The monoisotopic (exact) mass is 405 g/mol. The maximum atomic E-state index is 12.6. The van der Waals surface area contributed by atoms with Crippen molar-refractivity contribution in [3.05, 3.63) is 84.4 Å². The van der Waals surface area contributed by atoms with Crippen molar-refractivity contribution in [2.75, 3.05) is 25.1 Å². The van der Waals surface area contributed by atoms with Gasteiger partial charge in [0.15, 0.2) is 0 Å². The van der Waals surface area contributed by atoms with Gasteiger partial charge in [-0.15, -0.1) is 0 Å². The highest BCUT2D eigenvalue weighted by atomic mass is 16.5. The average molecular weight is 405 g/mol. The Morgan fingerprint density at radius 1 is 0.767 bits per heavy atom. The van der Waals surface area contributed by atoms with Gasteiger partial charge in [0.05, 0.1) is 6.61 Å². The van der Waals surface area contributed by atoms with Gasteiger partial charge >= 0.3 is 0 Å². The highest BCUT2D eigenvalue weighted by Gasteiger charge is 2.08. The lowest BCUT2D eigenvalue weighted by Gasteiger charge is -2.11. The summed E-state index contributed by atoms with van der Waals surface area (Å²) in [5.74, 6) is 2.38. The molecule has 0 aliphatic rings. The molecule has 1 amide bonds. The first-order valence-electron chi connectivity index (χ1n) is 10.0. The predicted octanol–water partition coefficient (Wildman–Crippen LogP) is 5.43. The zero-order valence-corrected chi connectivity index (χ0v) is 17.3. The number of carbonyl (C=O) groups is 1. The standard InChI is InChI=1S/C25H27NO4/c1-19(2)18-30-23-12-6-8-20(16-23)25(27)26-21-9-7-13-24(17-21)29-15-14-28-22-10-4-3-5-11-22/h3-13,16-17,19H,14-15,18H2,1-2H3,(H,26,27). The molecule has 5 nitrogen and oxygen atoms in total. The molecule has 0 heterocycles. The van der Waals surface area contributed by atoms with E-state index in [9.17, 15) is 4.79 Å². The fraction of sp³-hybridized carbons (Fsp3) is 0.240. The molecule has 0 fully saturated rings. The third-order valence-electron chi connectivity index (χ3n) is 4.14. The fourth-order valence-corrected chi connectivity index (χ4v) is 2.69. The largest absolute Gasteiger partial charge is 0.493 e. The number of anilines is 1. The minimum Gasteiger partial charge on any atom is -0.493 e. The summed E-state index contributed by atoms with van der Waals surface area (Å²) in [4.78, 5) is 12.6. The molecule has 0 unspecified atom stereocenters. The van der Waals surface area contributed by atoms with Gasteiger partial charge in [-0.1, -0.05) is 44.2 Å². The maximum Gasteiger partial charge on any atom is 0.255 e. The van der Waals surface area contributed by atoms with Crippen LogP contribution in [0.1, 0.15) is 24.2 Å². The van der Waals surface area contributed by atoms with Crippen molar-refractivity contribution in [3.8, 4) is 17.2 Å². The van der Waals surface area contributed by atoms with Gasteiger partial charge in [0.2, 0.25) is 0 Å². The molecule has 5 heteroatoms. The molecule has 3 aromatic carbocycles. The van der Waals surface area contributed by atoms with E-state index in [0.717, 1.165) is 5.75 Å². The number of para-hydroxylation sites is 1. The Bertz CT molecular complexity index is 941. The summed E-state index contributed by atoms with van der Waals surface area (Å²) in [5.41, 5.74) is 1.20. The van der Waals surface area contributed by atoms with Gasteiger partial charge in [-0.25, -0.2) is 0 Å². The van der Waals surface area contributed by atoms with Gasteiger partial charge < -0.3 is 19.5 Å². The molecular formula is C25H27NO4. The number of benzene rings is 3. The van der Waals surface area contributed by atoms with E-state index in [0.29, 0.717) is 48.5 Å². The highest BCUT2D eigenvalue weighted by molar-refractivity contribution is 6.04. The molecule has 3 aromatic rings. The summed E-state index contributed by atoms with van der Waals surface area (Å²) in [6.45, 7) is 5.61. The molecule has 0 saturated heterocycles. The van der Waals surface area contributed by atoms with Crippen LogP contribution in [0.25, 0.3) is 0 Å². The number of amides is 1. The molecule has 30 heavy (non-hydrogen) atoms. The van der Waals surface area contributed by atoms with Crippen molar-refractivity contribution in [1.29, 1.82) is 0 Å². The number of ether oxygens (including phenoxy) is 3. The maximum absolute atomic E-state index is 12.6. The molecule has 0 atom stereocenters. The van der Waals surface area contributed by atoms with Gasteiger partial charge in [-0.05, 0) is 48.4 Å². The summed E-state index contributed by atoms with van der Waals surface area (Å²) in [6.07, 6.45) is 0. The van der Waals surface area contributed by atoms with Crippen LogP contribution in [0.5, 0.6) is 17.2 Å². The van der Waals surface area contributed by atoms with Crippen LogP contribution in [-0.4, -0.2) is 25.7 Å². The Hall–Kier alpha value is -3.47. The molecule has 0 saturated carbocycles. The lowest BCUT2D eigenvalue weighted by molar-refractivity contribution is 0.102. The Balaban J connectivity index is 1.52. The molecule has 0 aliphatic heterocycles. The predicted molar refractivity (Wildman–Crippen MR) is 119 cm³/mol. The van der Waals surface area contributed by atoms with Crippen LogP contribution in [0.4, 0.5) is 5.69 Å². The third kappa shape index (κ3) is 6.85. The smallest absolute Gasteiger partial charge is 0.255 e. The molecule has 0 radical (unpaired) electrons. The van der Waals surface area contributed by atoms with Gasteiger partial charge in [0, 0.05) is 17.3 Å². The zero-order valence-electron chi connectivity index (χ0n) is 17.3. The first-order valence-corrected chi connectivity index (χ1v) is 10.0. The van der Waals surface area contributed by atoms with E-state index in [-0.39, 0.29) is 5.91 Å². The zero-order chi connectivity index (χ0) is 21.2. The topological polar surface area (TPSA) is 56.8 Å². The molecular weight excluding hydrogens is 378 g/mol. The Morgan fingerprint density at radius 3 is 2.13 bits per heavy atom. The minimum absolute atomic E-state index is 0.199. The van der Waals surface area contributed by atoms with Crippen molar-refractivity contribution in [1.82, 2.24) is 0 Å². The summed E-state index contributed by atoms with van der Waals surface area (Å²) in [6, 6.07) is 24.1. The fourth-order valence-electron chi connectivity index (χ4n) is 2.69. The van der Waals surface area contributed by atoms with Gasteiger partial charge in [0.25, 0.3) is 5.91 Å². The van der Waals surface area contributed by atoms with Crippen LogP contribution >= 0.6 is 0 Å². The summed E-state index contributed by atoms with van der Waals surface area (Å²) >= 11 is 0. The number of carbonyl (C=O) groups excluding carboxylic acids is 1. The van der Waals surface area contributed by atoms with Crippen LogP contribution in [0.3, 0.4) is 0 Å². The molecule has 156 valence electrons. The Kier molecular flexibility index (Phi) is 7.72. The first-order chi connectivity index (χ1) is 14.6. The van der Waals surface area contributed by atoms with Crippen LogP contribution in [0, 0.1) is 5.92 Å². The van der Waals surface area contributed by atoms with Gasteiger partial charge in [0.1, 0.15) is 30.5 Å². The van der Waals surface area contributed by atoms with E-state index in [1.165, 1.54) is 0 Å². The first kappa shape index (κ1) is 21.2. The van der Waals surface area contributed by atoms with Crippen molar-refractivity contribution >= 4 is 11.6 Å². The highest BCUT2D eigenvalue weighted by Crippen LogP contribution is 2.20. The van der Waals surface area contributed by atoms with Crippen molar-refractivity contribution in [2.24, 2.45) is 5.92 Å². The summed E-state index contributed by atoms with van der Waals surface area (Å²) < 4.78 is 17.1. The van der Waals surface area contributed by atoms with Crippen LogP contribution < -0.4 is 19.5 Å². The molecule has 0 aliphatic carbocycles. The molecule has 0 aromatic heterocycles. The Labute approximate surface area is 177 Å². The van der Waals surface area contributed by atoms with E-state index < -0.39 is 0 Å². The van der Waals surface area contributed by atoms with E-state index in [4.69, 9.17) is 14.2 Å². The van der Waals surface area contributed by atoms with Crippen molar-refractivity contribution < 1.29 is 19.0 Å². The van der Waals surface area contributed by atoms with E-state index >= 15 is 0 Å². The van der Waals surface area contributed by atoms with Crippen LogP contribution in [0.15, 0.2) is 78.9 Å². The second-order valence-corrected chi connectivity index (χ2v) is 7.22. The quantitative estimate of drug-likeness (QED) is 0.457. The van der Waals surface area contributed by atoms with Crippen LogP contribution in [0.2, 0.25) is 0 Å². The van der Waals surface area contributed by atoms with E-state index in [1.54, 1.807) is 18.2 Å². The molecule has 3 rings (SSSR count). The normalized spacial score (nSPS) is 10.5. The Morgan fingerprint density at radius 2 is 1.40 bits per heavy atom. The summed E-state index contributed by atoms with van der Waals surface area (Å²) in [5, 5.41) is 2.90. The van der Waals surface area contributed by atoms with Crippen molar-refractivity contribution in [2.45, 2.75) is 13.8 Å². The van der Waals surface area contributed by atoms with Crippen molar-refractivity contribution in [3.63, 3.8) is 0 Å². The number of rotatable bonds is 10. The van der Waals surface area contributed by atoms with E-state index in [2.05, 4.69) is 19.2 Å². The molecule has 1 N–H and O–H groups in total.